The number of hydrogen-bond donors (Lipinski definition) is 1. The predicted octanol–water partition coefficient (Wildman–Crippen LogP) is 1.77. The lowest BCUT2D eigenvalue weighted by molar-refractivity contribution is 0.228. The van der Waals surface area contributed by atoms with Crippen molar-refractivity contribution in [3.63, 3.8) is 0 Å². The Balaban J connectivity index is 1.77. The van der Waals surface area contributed by atoms with Crippen LogP contribution in [0.3, 0.4) is 0 Å². The van der Waals surface area contributed by atoms with Crippen molar-refractivity contribution in [2.24, 2.45) is 0 Å². The number of hydrogen-bond acceptors (Lipinski definition) is 5. The van der Waals surface area contributed by atoms with Gasteiger partial charge in [0, 0.05) is 24.8 Å². The predicted molar refractivity (Wildman–Crippen MR) is 72.0 cm³/mol. The van der Waals surface area contributed by atoms with Crippen LogP contribution in [0.1, 0.15) is 26.2 Å². The fourth-order valence-electron chi connectivity index (χ4n) is 2.31. The van der Waals surface area contributed by atoms with Gasteiger partial charge in [-0.3, -0.25) is 0 Å². The van der Waals surface area contributed by atoms with Crippen LogP contribution >= 0.6 is 0 Å². The number of likely N-dealkylation sites (tertiary alicyclic amines) is 1. The zero-order valence-corrected chi connectivity index (χ0v) is 11.2. The molecule has 100 valence electrons. The zero-order valence-electron chi connectivity index (χ0n) is 11.2. The Morgan fingerprint density at radius 3 is 3.17 bits per heavy atom. The highest BCUT2D eigenvalue weighted by Crippen LogP contribution is 2.18. The Morgan fingerprint density at radius 1 is 1.56 bits per heavy atom. The van der Waals surface area contributed by atoms with E-state index in [2.05, 4.69) is 27.2 Å². The van der Waals surface area contributed by atoms with Gasteiger partial charge in [0.2, 0.25) is 11.8 Å². The summed E-state index contributed by atoms with van der Waals surface area (Å²) < 4.78 is 5.69. The monoisotopic (exact) mass is 250 g/mol. The highest BCUT2D eigenvalue weighted by atomic mass is 16.5. The molecular weight excluding hydrogens is 228 g/mol. The molecule has 1 atom stereocenters. The second-order valence-electron chi connectivity index (χ2n) is 4.66. The second kappa shape index (κ2) is 6.54. The molecule has 0 radical (unpaired) electrons. The number of nitrogens with zero attached hydrogens (tertiary/aromatic N) is 3. The van der Waals surface area contributed by atoms with Crippen LogP contribution in [0.2, 0.25) is 0 Å². The SMILES string of the molecule is CCNc1nccc(OCCC2CCCN2C)n1. The minimum Gasteiger partial charge on any atom is -0.477 e. The molecule has 1 aromatic heterocycles. The summed E-state index contributed by atoms with van der Waals surface area (Å²) in [5, 5.41) is 3.08. The van der Waals surface area contributed by atoms with Gasteiger partial charge in [0.05, 0.1) is 6.61 Å². The summed E-state index contributed by atoms with van der Waals surface area (Å²) in [5.41, 5.74) is 0. The molecule has 1 aromatic rings. The Labute approximate surface area is 109 Å². The molecule has 1 N–H and O–H groups in total. The van der Waals surface area contributed by atoms with E-state index in [0.717, 1.165) is 19.6 Å². The normalized spacial score (nSPS) is 20.0. The first kappa shape index (κ1) is 13.1. The van der Waals surface area contributed by atoms with E-state index in [-0.39, 0.29) is 0 Å². The minimum atomic E-state index is 0.632. The van der Waals surface area contributed by atoms with E-state index < -0.39 is 0 Å². The molecular formula is C13H22N4O. The summed E-state index contributed by atoms with van der Waals surface area (Å²) in [6, 6.07) is 2.47. The Morgan fingerprint density at radius 2 is 2.44 bits per heavy atom. The molecule has 0 aromatic carbocycles. The number of nitrogens with one attached hydrogen (secondary N) is 1. The van der Waals surface area contributed by atoms with Crippen LogP contribution in [0.5, 0.6) is 5.88 Å². The van der Waals surface area contributed by atoms with E-state index in [1.54, 1.807) is 12.3 Å². The van der Waals surface area contributed by atoms with E-state index in [9.17, 15) is 0 Å². The molecule has 1 aliphatic heterocycles. The van der Waals surface area contributed by atoms with Crippen LogP contribution in [-0.2, 0) is 0 Å². The molecule has 1 unspecified atom stereocenters. The summed E-state index contributed by atoms with van der Waals surface area (Å²) >= 11 is 0. The molecule has 5 nitrogen and oxygen atoms in total. The molecule has 0 aliphatic carbocycles. The summed E-state index contributed by atoms with van der Waals surface area (Å²) in [6.07, 6.45) is 5.38. The van der Waals surface area contributed by atoms with E-state index in [4.69, 9.17) is 4.74 Å². The van der Waals surface area contributed by atoms with Crippen LogP contribution < -0.4 is 10.1 Å². The Kier molecular flexibility index (Phi) is 4.75. The Bertz CT molecular complexity index is 372. The molecule has 1 fully saturated rings. The van der Waals surface area contributed by atoms with Gasteiger partial charge >= 0.3 is 0 Å². The number of ether oxygens (including phenoxy) is 1. The molecule has 1 aliphatic rings. The molecule has 0 saturated carbocycles. The van der Waals surface area contributed by atoms with Crippen LogP contribution in [0.25, 0.3) is 0 Å². The van der Waals surface area contributed by atoms with Crippen molar-refractivity contribution in [3.8, 4) is 5.88 Å². The maximum atomic E-state index is 5.69. The first-order valence-corrected chi connectivity index (χ1v) is 6.69. The van der Waals surface area contributed by atoms with Gasteiger partial charge in [-0.05, 0) is 39.8 Å². The van der Waals surface area contributed by atoms with E-state index in [0.29, 0.717) is 17.9 Å². The van der Waals surface area contributed by atoms with Gasteiger partial charge in [0.15, 0.2) is 0 Å². The number of anilines is 1. The first-order valence-electron chi connectivity index (χ1n) is 6.69. The zero-order chi connectivity index (χ0) is 12.8. The van der Waals surface area contributed by atoms with Crippen LogP contribution in [0, 0.1) is 0 Å². The summed E-state index contributed by atoms with van der Waals surface area (Å²) in [5.74, 6) is 1.29. The van der Waals surface area contributed by atoms with Crippen molar-refractivity contribution in [1.82, 2.24) is 14.9 Å². The fraction of sp³-hybridized carbons (Fsp3) is 0.692. The quantitative estimate of drug-likeness (QED) is 0.834. The smallest absolute Gasteiger partial charge is 0.225 e. The molecule has 5 heteroatoms. The van der Waals surface area contributed by atoms with Gasteiger partial charge < -0.3 is 15.0 Å². The standard InChI is InChI=1S/C13H22N4O/c1-3-14-13-15-8-6-12(16-13)18-10-7-11-5-4-9-17(11)2/h6,8,11H,3-5,7,9-10H2,1-2H3,(H,14,15,16). The lowest BCUT2D eigenvalue weighted by atomic mass is 10.1. The van der Waals surface area contributed by atoms with Gasteiger partial charge in [0.1, 0.15) is 0 Å². The van der Waals surface area contributed by atoms with E-state index in [1.165, 1.54) is 19.4 Å². The maximum absolute atomic E-state index is 5.69. The molecule has 1 saturated heterocycles. The third-order valence-electron chi connectivity index (χ3n) is 3.34. The average molecular weight is 250 g/mol. The largest absolute Gasteiger partial charge is 0.477 e. The summed E-state index contributed by atoms with van der Waals surface area (Å²) in [4.78, 5) is 10.8. The number of aromatic nitrogens is 2. The van der Waals surface area contributed by atoms with Crippen molar-refractivity contribution in [2.45, 2.75) is 32.2 Å². The molecule has 0 amide bonds. The van der Waals surface area contributed by atoms with Crippen molar-refractivity contribution in [3.05, 3.63) is 12.3 Å². The lowest BCUT2D eigenvalue weighted by Crippen LogP contribution is -2.26. The first-order chi connectivity index (χ1) is 8.79. The van der Waals surface area contributed by atoms with Crippen molar-refractivity contribution < 1.29 is 4.74 Å². The van der Waals surface area contributed by atoms with Gasteiger partial charge in [-0.1, -0.05) is 0 Å². The van der Waals surface area contributed by atoms with Gasteiger partial charge in [-0.2, -0.15) is 4.98 Å². The van der Waals surface area contributed by atoms with E-state index in [1.807, 2.05) is 6.92 Å². The summed E-state index contributed by atoms with van der Waals surface area (Å²) in [7, 11) is 2.19. The minimum absolute atomic E-state index is 0.632. The fourth-order valence-corrected chi connectivity index (χ4v) is 2.31. The van der Waals surface area contributed by atoms with Crippen LogP contribution in [0.15, 0.2) is 12.3 Å². The topological polar surface area (TPSA) is 50.3 Å². The average Bonchev–Trinajstić information content (AvgIpc) is 2.76. The van der Waals surface area contributed by atoms with Gasteiger partial charge in [-0.25, -0.2) is 4.98 Å². The molecule has 0 bridgehead atoms. The highest BCUT2D eigenvalue weighted by molar-refractivity contribution is 5.26. The van der Waals surface area contributed by atoms with Crippen molar-refractivity contribution in [2.75, 3.05) is 32.1 Å². The van der Waals surface area contributed by atoms with Crippen LogP contribution in [-0.4, -0.2) is 47.7 Å². The lowest BCUT2D eigenvalue weighted by Gasteiger charge is -2.19. The molecule has 18 heavy (non-hydrogen) atoms. The van der Waals surface area contributed by atoms with Crippen molar-refractivity contribution in [1.29, 1.82) is 0 Å². The van der Waals surface area contributed by atoms with Gasteiger partial charge in [-0.15, -0.1) is 0 Å². The molecule has 2 rings (SSSR count). The van der Waals surface area contributed by atoms with Crippen LogP contribution in [0.4, 0.5) is 5.95 Å². The summed E-state index contributed by atoms with van der Waals surface area (Å²) in [6.45, 7) is 4.77. The third kappa shape index (κ3) is 3.57. The van der Waals surface area contributed by atoms with Gasteiger partial charge in [0.25, 0.3) is 0 Å². The van der Waals surface area contributed by atoms with Crippen molar-refractivity contribution >= 4 is 5.95 Å². The highest BCUT2D eigenvalue weighted by Gasteiger charge is 2.20. The molecule has 2 heterocycles. The number of rotatable bonds is 6. The molecule has 0 spiro atoms. The second-order valence-corrected chi connectivity index (χ2v) is 4.66. The Hall–Kier alpha value is -1.36. The third-order valence-corrected chi connectivity index (χ3v) is 3.34. The maximum Gasteiger partial charge on any atom is 0.225 e. The van der Waals surface area contributed by atoms with E-state index >= 15 is 0 Å².